The maximum atomic E-state index is 13.4. The van der Waals surface area contributed by atoms with Crippen molar-refractivity contribution in [1.82, 2.24) is 4.90 Å². The summed E-state index contributed by atoms with van der Waals surface area (Å²) in [6, 6.07) is 4.68. The van der Waals surface area contributed by atoms with Crippen LogP contribution in [0.1, 0.15) is 43.0 Å². The summed E-state index contributed by atoms with van der Waals surface area (Å²) in [7, 11) is 0. The van der Waals surface area contributed by atoms with Crippen LogP contribution in [0.4, 0.5) is 11.4 Å². The van der Waals surface area contributed by atoms with Gasteiger partial charge in [0.15, 0.2) is 0 Å². The number of piperidine rings is 1. The normalized spacial score (nSPS) is 19.4. The second kappa shape index (κ2) is 10.4. The van der Waals surface area contributed by atoms with Gasteiger partial charge in [-0.1, -0.05) is 6.07 Å². The van der Waals surface area contributed by atoms with Crippen molar-refractivity contribution in [2.75, 3.05) is 50.9 Å². The lowest BCUT2D eigenvalue weighted by atomic mass is 9.92. The molecule has 1 aromatic rings. The van der Waals surface area contributed by atoms with Crippen LogP contribution in [-0.2, 0) is 14.3 Å². The van der Waals surface area contributed by atoms with Gasteiger partial charge in [0.05, 0.1) is 30.3 Å². The molecular weight excluding hydrogens is 390 g/mol. The van der Waals surface area contributed by atoms with E-state index in [2.05, 4.69) is 0 Å². The molecule has 1 atom stereocenters. The second-order valence-electron chi connectivity index (χ2n) is 7.63. The first-order chi connectivity index (χ1) is 14.5. The number of benzene rings is 1. The lowest BCUT2D eigenvalue weighted by Crippen LogP contribution is -2.42. The van der Waals surface area contributed by atoms with Crippen LogP contribution in [0.2, 0.25) is 0 Å². The van der Waals surface area contributed by atoms with E-state index >= 15 is 0 Å². The molecule has 0 aromatic heterocycles. The highest BCUT2D eigenvalue weighted by atomic mass is 16.6. The number of likely N-dealkylation sites (tertiary alicyclic amines) is 1. The molecule has 0 bridgehead atoms. The van der Waals surface area contributed by atoms with Crippen LogP contribution >= 0.6 is 0 Å². The molecule has 0 unspecified atom stereocenters. The zero-order chi connectivity index (χ0) is 21.5. The Balaban J connectivity index is 1.77. The zero-order valence-electron chi connectivity index (χ0n) is 17.4. The van der Waals surface area contributed by atoms with E-state index in [0.717, 1.165) is 12.8 Å². The minimum atomic E-state index is -0.431. The Labute approximate surface area is 176 Å². The van der Waals surface area contributed by atoms with Gasteiger partial charge in [-0.05, 0) is 38.2 Å². The quantitative estimate of drug-likeness (QED) is 0.380. The van der Waals surface area contributed by atoms with E-state index in [0.29, 0.717) is 70.1 Å². The molecule has 9 heteroatoms. The molecule has 2 saturated heterocycles. The lowest BCUT2D eigenvalue weighted by molar-refractivity contribution is -0.384. The van der Waals surface area contributed by atoms with E-state index < -0.39 is 4.92 Å². The Kier molecular flexibility index (Phi) is 7.62. The number of morpholine rings is 1. The molecule has 0 saturated carbocycles. The van der Waals surface area contributed by atoms with Crippen molar-refractivity contribution < 1.29 is 24.0 Å². The number of carbonyl (C=O) groups excluding carboxylic acids is 2. The van der Waals surface area contributed by atoms with Crippen LogP contribution in [-0.4, -0.2) is 67.7 Å². The number of nitro groups is 1. The average molecular weight is 419 g/mol. The number of hydrogen-bond acceptors (Lipinski definition) is 7. The van der Waals surface area contributed by atoms with Crippen LogP contribution in [0.25, 0.3) is 0 Å². The van der Waals surface area contributed by atoms with Gasteiger partial charge >= 0.3 is 5.97 Å². The van der Waals surface area contributed by atoms with Crippen LogP contribution in [0.3, 0.4) is 0 Å². The maximum absolute atomic E-state index is 13.4. The predicted octanol–water partition coefficient (Wildman–Crippen LogP) is 2.63. The number of ether oxygens (including phenoxy) is 2. The van der Waals surface area contributed by atoms with E-state index in [1.165, 1.54) is 6.07 Å². The van der Waals surface area contributed by atoms with Crippen LogP contribution in [0.15, 0.2) is 18.2 Å². The number of nitro benzene ring substituents is 1. The Morgan fingerprint density at radius 3 is 2.73 bits per heavy atom. The van der Waals surface area contributed by atoms with E-state index in [-0.39, 0.29) is 23.5 Å². The molecule has 2 aliphatic rings. The van der Waals surface area contributed by atoms with Crippen molar-refractivity contribution in [2.45, 2.75) is 32.6 Å². The highest BCUT2D eigenvalue weighted by molar-refractivity contribution is 6.02. The fraction of sp³-hybridized carbons (Fsp3) is 0.619. The number of nitrogens with zero attached hydrogens (tertiary/aromatic N) is 3. The van der Waals surface area contributed by atoms with Crippen molar-refractivity contribution in [3.8, 4) is 0 Å². The lowest BCUT2D eigenvalue weighted by Gasteiger charge is -2.35. The molecular formula is C21H29N3O6. The first-order valence-electron chi connectivity index (χ1n) is 10.6. The number of anilines is 1. The molecule has 1 amide bonds. The summed E-state index contributed by atoms with van der Waals surface area (Å²) in [6.07, 6.45) is 2.82. The standard InChI is InChI=1S/C21H29N3O6/c1-2-30-19(25)9-8-16-5-4-10-23(15-16)21(26)17-6-3-7-18(24(27)28)20(17)22-11-13-29-14-12-22/h3,6-7,16H,2,4-5,8-15H2,1H3/t16-/m1/s1. The monoisotopic (exact) mass is 419 g/mol. The van der Waals surface area contributed by atoms with Crippen molar-refractivity contribution in [3.63, 3.8) is 0 Å². The summed E-state index contributed by atoms with van der Waals surface area (Å²) in [4.78, 5) is 39.9. The Morgan fingerprint density at radius 2 is 2.03 bits per heavy atom. The van der Waals surface area contributed by atoms with Gasteiger partial charge in [-0.3, -0.25) is 19.7 Å². The van der Waals surface area contributed by atoms with E-state index in [1.54, 1.807) is 24.0 Å². The van der Waals surface area contributed by atoms with Crippen LogP contribution < -0.4 is 4.90 Å². The van der Waals surface area contributed by atoms with Gasteiger partial charge in [-0.2, -0.15) is 0 Å². The minimum Gasteiger partial charge on any atom is -0.466 e. The number of esters is 1. The first kappa shape index (κ1) is 22.0. The number of rotatable bonds is 7. The summed E-state index contributed by atoms with van der Waals surface area (Å²) in [5.41, 5.74) is 0.681. The molecule has 3 rings (SSSR count). The Hall–Kier alpha value is -2.68. The third-order valence-corrected chi connectivity index (χ3v) is 5.64. The highest BCUT2D eigenvalue weighted by Crippen LogP contribution is 2.34. The molecule has 1 aromatic carbocycles. The van der Waals surface area contributed by atoms with E-state index in [4.69, 9.17) is 9.47 Å². The van der Waals surface area contributed by atoms with Crippen LogP contribution in [0, 0.1) is 16.0 Å². The third-order valence-electron chi connectivity index (χ3n) is 5.64. The molecule has 2 fully saturated rings. The molecule has 0 N–H and O–H groups in total. The third kappa shape index (κ3) is 5.27. The number of para-hydroxylation sites is 1. The largest absolute Gasteiger partial charge is 0.466 e. The Bertz CT molecular complexity index is 778. The fourth-order valence-corrected chi connectivity index (χ4v) is 4.18. The summed E-state index contributed by atoms with van der Waals surface area (Å²) in [5, 5.41) is 11.6. The highest BCUT2D eigenvalue weighted by Gasteiger charge is 2.31. The Morgan fingerprint density at radius 1 is 1.27 bits per heavy atom. The molecule has 0 radical (unpaired) electrons. The smallest absolute Gasteiger partial charge is 0.305 e. The second-order valence-corrected chi connectivity index (χ2v) is 7.63. The number of carbonyl (C=O) groups is 2. The average Bonchev–Trinajstić information content (AvgIpc) is 2.77. The van der Waals surface area contributed by atoms with E-state index in [9.17, 15) is 19.7 Å². The summed E-state index contributed by atoms with van der Waals surface area (Å²) < 4.78 is 10.4. The van der Waals surface area contributed by atoms with Crippen LogP contribution in [0.5, 0.6) is 0 Å². The van der Waals surface area contributed by atoms with Gasteiger partial charge in [0, 0.05) is 38.7 Å². The van der Waals surface area contributed by atoms with Crippen molar-refractivity contribution in [2.24, 2.45) is 5.92 Å². The zero-order valence-corrected chi connectivity index (χ0v) is 17.4. The van der Waals surface area contributed by atoms with Crippen molar-refractivity contribution in [3.05, 3.63) is 33.9 Å². The molecule has 9 nitrogen and oxygen atoms in total. The number of amides is 1. The van der Waals surface area contributed by atoms with Crippen molar-refractivity contribution in [1.29, 1.82) is 0 Å². The SMILES string of the molecule is CCOC(=O)CC[C@H]1CCCN(C(=O)c2cccc([N+](=O)[O-])c2N2CCOCC2)C1. The topological polar surface area (TPSA) is 102 Å². The van der Waals surface area contributed by atoms with Gasteiger partial charge in [0.2, 0.25) is 0 Å². The minimum absolute atomic E-state index is 0.0568. The number of hydrogen-bond donors (Lipinski definition) is 0. The fourth-order valence-electron chi connectivity index (χ4n) is 4.18. The molecule has 30 heavy (non-hydrogen) atoms. The van der Waals surface area contributed by atoms with Gasteiger partial charge in [0.1, 0.15) is 5.69 Å². The predicted molar refractivity (Wildman–Crippen MR) is 111 cm³/mol. The molecule has 164 valence electrons. The van der Waals surface area contributed by atoms with Gasteiger partial charge in [-0.15, -0.1) is 0 Å². The molecule has 0 spiro atoms. The first-order valence-corrected chi connectivity index (χ1v) is 10.6. The molecule has 2 heterocycles. The van der Waals surface area contributed by atoms with Gasteiger partial charge in [-0.25, -0.2) is 0 Å². The van der Waals surface area contributed by atoms with E-state index in [1.807, 2.05) is 4.90 Å². The van der Waals surface area contributed by atoms with Gasteiger partial charge < -0.3 is 19.3 Å². The maximum Gasteiger partial charge on any atom is 0.305 e. The van der Waals surface area contributed by atoms with Gasteiger partial charge in [0.25, 0.3) is 11.6 Å². The summed E-state index contributed by atoms with van der Waals surface area (Å²) in [6.45, 7) is 5.26. The van der Waals surface area contributed by atoms with Crippen molar-refractivity contribution >= 4 is 23.3 Å². The molecule has 2 aliphatic heterocycles. The summed E-state index contributed by atoms with van der Waals surface area (Å²) in [5.74, 6) is -0.187. The molecule has 0 aliphatic carbocycles. The summed E-state index contributed by atoms with van der Waals surface area (Å²) >= 11 is 0.